The summed E-state index contributed by atoms with van der Waals surface area (Å²) < 4.78 is 10.1. The maximum Gasteiger partial charge on any atom is 0.357 e. The lowest BCUT2D eigenvalue weighted by atomic mass is 10.1. The first-order chi connectivity index (χ1) is 13.1. The van der Waals surface area contributed by atoms with Crippen LogP contribution in [-0.4, -0.2) is 71.6 Å². The molecular formula is C18H21N5O4. The Kier molecular flexibility index (Phi) is 5.80. The summed E-state index contributed by atoms with van der Waals surface area (Å²) in [6, 6.07) is 4.93. The molecule has 0 saturated carbocycles. The normalized spacial score (nSPS) is 14.0. The van der Waals surface area contributed by atoms with Gasteiger partial charge in [-0.15, -0.1) is 0 Å². The molecule has 2 aromatic heterocycles. The van der Waals surface area contributed by atoms with Gasteiger partial charge in [-0.3, -0.25) is 4.79 Å². The summed E-state index contributed by atoms with van der Waals surface area (Å²) in [5.74, 6) is 0.231. The van der Waals surface area contributed by atoms with Gasteiger partial charge >= 0.3 is 5.97 Å². The van der Waals surface area contributed by atoms with Crippen LogP contribution < -0.4 is 9.64 Å². The molecule has 0 radical (unpaired) electrons. The number of methoxy groups -OCH3 is 1. The fraction of sp³-hybridized carbons (Fsp3) is 0.389. The summed E-state index contributed by atoms with van der Waals surface area (Å²) in [7, 11) is 1.26. The Labute approximate surface area is 156 Å². The number of nitrogens with zero attached hydrogens (tertiary/aromatic N) is 5. The van der Waals surface area contributed by atoms with Crippen molar-refractivity contribution in [3.05, 3.63) is 41.9 Å². The van der Waals surface area contributed by atoms with Gasteiger partial charge in [-0.05, 0) is 19.1 Å². The number of piperazine rings is 1. The molecule has 142 valence electrons. The molecule has 27 heavy (non-hydrogen) atoms. The highest BCUT2D eigenvalue weighted by Gasteiger charge is 2.27. The van der Waals surface area contributed by atoms with Gasteiger partial charge in [0, 0.05) is 44.6 Å². The summed E-state index contributed by atoms with van der Waals surface area (Å²) in [6.45, 7) is 4.55. The van der Waals surface area contributed by atoms with E-state index in [9.17, 15) is 9.59 Å². The number of hydrogen-bond acceptors (Lipinski definition) is 8. The van der Waals surface area contributed by atoms with Crippen LogP contribution in [0.2, 0.25) is 0 Å². The van der Waals surface area contributed by atoms with Crippen molar-refractivity contribution in [2.24, 2.45) is 0 Å². The molecule has 9 nitrogen and oxygen atoms in total. The van der Waals surface area contributed by atoms with Crippen molar-refractivity contribution in [3.63, 3.8) is 0 Å². The third-order valence-corrected chi connectivity index (χ3v) is 4.18. The maximum atomic E-state index is 12.8. The van der Waals surface area contributed by atoms with Crippen LogP contribution in [0.25, 0.3) is 0 Å². The van der Waals surface area contributed by atoms with Crippen molar-refractivity contribution < 1.29 is 19.1 Å². The molecule has 0 aromatic carbocycles. The molecule has 2 aromatic rings. The Morgan fingerprint density at radius 2 is 1.89 bits per heavy atom. The summed E-state index contributed by atoms with van der Waals surface area (Å²) in [4.78, 5) is 41.0. The van der Waals surface area contributed by atoms with Crippen LogP contribution in [0.15, 0.2) is 30.6 Å². The fourth-order valence-corrected chi connectivity index (χ4v) is 2.83. The van der Waals surface area contributed by atoms with E-state index in [2.05, 4.69) is 15.0 Å². The minimum Gasteiger partial charge on any atom is -0.478 e. The number of carbonyl (C=O) groups is 2. The molecule has 3 rings (SSSR count). The third-order valence-electron chi connectivity index (χ3n) is 4.18. The van der Waals surface area contributed by atoms with Crippen molar-refractivity contribution in [3.8, 4) is 5.88 Å². The monoisotopic (exact) mass is 371 g/mol. The number of ether oxygens (including phenoxy) is 2. The van der Waals surface area contributed by atoms with Crippen molar-refractivity contribution in [2.45, 2.75) is 6.92 Å². The van der Waals surface area contributed by atoms with Gasteiger partial charge in [0.1, 0.15) is 0 Å². The van der Waals surface area contributed by atoms with Crippen LogP contribution in [-0.2, 0) is 4.74 Å². The van der Waals surface area contributed by atoms with E-state index in [4.69, 9.17) is 9.47 Å². The van der Waals surface area contributed by atoms with Gasteiger partial charge < -0.3 is 19.3 Å². The Balaban J connectivity index is 1.68. The minimum atomic E-state index is -0.626. The average Bonchev–Trinajstić information content (AvgIpc) is 2.73. The second-order valence-electron chi connectivity index (χ2n) is 5.80. The molecule has 0 atom stereocenters. The van der Waals surface area contributed by atoms with Gasteiger partial charge in [-0.1, -0.05) is 0 Å². The van der Waals surface area contributed by atoms with E-state index in [1.165, 1.54) is 13.3 Å². The van der Waals surface area contributed by atoms with Gasteiger partial charge in [0.2, 0.25) is 11.8 Å². The number of pyridine rings is 1. The molecule has 0 N–H and O–H groups in total. The van der Waals surface area contributed by atoms with Gasteiger partial charge in [0.05, 0.1) is 19.3 Å². The van der Waals surface area contributed by atoms with Crippen molar-refractivity contribution in [1.29, 1.82) is 0 Å². The predicted octanol–water partition coefficient (Wildman–Crippen LogP) is 1.02. The average molecular weight is 371 g/mol. The topological polar surface area (TPSA) is 97.8 Å². The molecular weight excluding hydrogens is 350 g/mol. The quantitative estimate of drug-likeness (QED) is 0.719. The highest BCUT2D eigenvalue weighted by Crippen LogP contribution is 2.17. The smallest absolute Gasteiger partial charge is 0.357 e. The van der Waals surface area contributed by atoms with Crippen LogP contribution >= 0.6 is 0 Å². The summed E-state index contributed by atoms with van der Waals surface area (Å²) in [5.41, 5.74) is 0.271. The number of aromatic nitrogens is 3. The summed E-state index contributed by atoms with van der Waals surface area (Å²) in [6.07, 6.45) is 3.12. The van der Waals surface area contributed by atoms with E-state index < -0.39 is 5.97 Å². The molecule has 9 heteroatoms. The molecule has 0 unspecified atom stereocenters. The zero-order valence-corrected chi connectivity index (χ0v) is 15.3. The molecule has 1 saturated heterocycles. The Morgan fingerprint density at radius 1 is 1.11 bits per heavy atom. The van der Waals surface area contributed by atoms with Gasteiger partial charge in [0.15, 0.2) is 5.69 Å². The predicted molar refractivity (Wildman–Crippen MR) is 96.9 cm³/mol. The lowest BCUT2D eigenvalue weighted by molar-refractivity contribution is 0.0582. The van der Waals surface area contributed by atoms with Crippen LogP contribution in [0.3, 0.4) is 0 Å². The molecule has 1 amide bonds. The number of rotatable bonds is 5. The second-order valence-corrected chi connectivity index (χ2v) is 5.80. The maximum absolute atomic E-state index is 12.8. The van der Waals surface area contributed by atoms with Crippen molar-refractivity contribution in [2.75, 3.05) is 44.8 Å². The number of hydrogen-bond donors (Lipinski definition) is 0. The minimum absolute atomic E-state index is 0.0279. The van der Waals surface area contributed by atoms with E-state index in [1.54, 1.807) is 29.3 Å². The molecule has 0 bridgehead atoms. The number of amides is 1. The molecule has 1 fully saturated rings. The third kappa shape index (κ3) is 4.13. The zero-order valence-electron chi connectivity index (χ0n) is 15.3. The summed E-state index contributed by atoms with van der Waals surface area (Å²) >= 11 is 0. The molecule has 0 aliphatic carbocycles. The van der Waals surface area contributed by atoms with E-state index in [0.717, 1.165) is 0 Å². The Morgan fingerprint density at radius 3 is 2.59 bits per heavy atom. The van der Waals surface area contributed by atoms with E-state index in [-0.39, 0.29) is 17.2 Å². The summed E-state index contributed by atoms with van der Waals surface area (Å²) in [5, 5.41) is 0. The SMILES string of the molecule is CCOc1ccnc(N2CCN(C(=O)c3cccnc3C(=O)OC)CC2)n1. The standard InChI is InChI=1S/C18H21N5O4/c1-3-27-14-6-8-20-18(21-14)23-11-9-22(10-12-23)16(24)13-5-4-7-19-15(13)17(25)26-2/h4-8H,3,9-12H2,1-2H3. The lowest BCUT2D eigenvalue weighted by Gasteiger charge is -2.34. The fourth-order valence-electron chi connectivity index (χ4n) is 2.83. The number of anilines is 1. The molecule has 1 aliphatic rings. The van der Waals surface area contributed by atoms with E-state index in [0.29, 0.717) is 44.6 Å². The first-order valence-electron chi connectivity index (χ1n) is 8.67. The first-order valence-corrected chi connectivity index (χ1v) is 8.67. The van der Waals surface area contributed by atoms with Crippen LogP contribution in [0.1, 0.15) is 27.8 Å². The molecule has 1 aliphatic heterocycles. The largest absolute Gasteiger partial charge is 0.478 e. The van der Waals surface area contributed by atoms with Gasteiger partial charge in [-0.2, -0.15) is 4.98 Å². The highest BCUT2D eigenvalue weighted by atomic mass is 16.5. The zero-order chi connectivity index (χ0) is 19.2. The molecule has 0 spiro atoms. The van der Waals surface area contributed by atoms with Crippen LogP contribution in [0.5, 0.6) is 5.88 Å². The molecule has 3 heterocycles. The van der Waals surface area contributed by atoms with Crippen LogP contribution in [0.4, 0.5) is 5.95 Å². The van der Waals surface area contributed by atoms with E-state index >= 15 is 0 Å². The Bertz CT molecular complexity index is 821. The van der Waals surface area contributed by atoms with E-state index in [1.807, 2.05) is 11.8 Å². The first kappa shape index (κ1) is 18.6. The Hall–Kier alpha value is -3.23. The van der Waals surface area contributed by atoms with Crippen LogP contribution in [0, 0.1) is 0 Å². The van der Waals surface area contributed by atoms with Crippen molar-refractivity contribution in [1.82, 2.24) is 19.9 Å². The number of carbonyl (C=O) groups excluding carboxylic acids is 2. The second kappa shape index (κ2) is 8.43. The lowest BCUT2D eigenvalue weighted by Crippen LogP contribution is -2.49. The van der Waals surface area contributed by atoms with Gasteiger partial charge in [0.25, 0.3) is 5.91 Å². The van der Waals surface area contributed by atoms with Gasteiger partial charge in [-0.25, -0.2) is 14.8 Å². The number of esters is 1. The van der Waals surface area contributed by atoms with Crippen molar-refractivity contribution >= 4 is 17.8 Å². The highest BCUT2D eigenvalue weighted by molar-refractivity contribution is 6.04.